The minimum atomic E-state index is -3.00. The summed E-state index contributed by atoms with van der Waals surface area (Å²) in [6.45, 7) is 6.44. The monoisotopic (exact) mass is 400 g/mol. The molecule has 8 nitrogen and oxygen atoms in total. The molecule has 2 amide bonds. The Hall–Kier alpha value is -1.19. The van der Waals surface area contributed by atoms with Gasteiger partial charge in [-0.15, -0.1) is 0 Å². The van der Waals surface area contributed by atoms with Gasteiger partial charge in [0.15, 0.2) is 9.84 Å². The predicted octanol–water partition coefficient (Wildman–Crippen LogP) is -0.692. The first-order valence-electron chi connectivity index (χ1n) is 10.1. The van der Waals surface area contributed by atoms with Crippen molar-refractivity contribution in [1.29, 1.82) is 0 Å². The molecule has 0 unspecified atom stereocenters. The highest BCUT2D eigenvalue weighted by atomic mass is 32.2. The van der Waals surface area contributed by atoms with Crippen LogP contribution in [0.1, 0.15) is 32.6 Å². The average molecular weight is 401 g/mol. The van der Waals surface area contributed by atoms with E-state index in [1.54, 1.807) is 4.90 Å². The van der Waals surface area contributed by atoms with Crippen LogP contribution in [0, 0.1) is 0 Å². The van der Waals surface area contributed by atoms with E-state index in [2.05, 4.69) is 15.1 Å². The summed E-state index contributed by atoms with van der Waals surface area (Å²) in [7, 11) is -3.00. The Labute approximate surface area is 162 Å². The van der Waals surface area contributed by atoms with E-state index in [4.69, 9.17) is 0 Å². The van der Waals surface area contributed by atoms with Gasteiger partial charge in [0.25, 0.3) is 0 Å². The van der Waals surface area contributed by atoms with Crippen LogP contribution in [0.4, 0.5) is 0 Å². The molecule has 27 heavy (non-hydrogen) atoms. The number of carbonyl (C=O) groups is 2. The molecule has 3 aliphatic rings. The van der Waals surface area contributed by atoms with Crippen LogP contribution in [0.5, 0.6) is 0 Å². The van der Waals surface area contributed by atoms with Gasteiger partial charge < -0.3 is 10.2 Å². The van der Waals surface area contributed by atoms with E-state index in [9.17, 15) is 18.0 Å². The van der Waals surface area contributed by atoms with Gasteiger partial charge in [0.1, 0.15) is 0 Å². The van der Waals surface area contributed by atoms with Crippen LogP contribution in [-0.4, -0.2) is 104 Å². The van der Waals surface area contributed by atoms with E-state index in [0.717, 1.165) is 45.4 Å². The van der Waals surface area contributed by atoms with Crippen LogP contribution >= 0.6 is 0 Å². The van der Waals surface area contributed by atoms with Crippen molar-refractivity contribution >= 4 is 21.7 Å². The molecular weight excluding hydrogens is 368 g/mol. The second kappa shape index (κ2) is 8.87. The number of nitrogens with zero attached hydrogens (tertiary/aromatic N) is 3. The van der Waals surface area contributed by atoms with Gasteiger partial charge in [0, 0.05) is 44.8 Å². The fraction of sp³-hybridized carbons (Fsp3) is 0.889. The number of hydrogen-bond donors (Lipinski definition) is 1. The Balaban J connectivity index is 1.43. The highest BCUT2D eigenvalue weighted by Gasteiger charge is 2.35. The molecule has 0 aromatic rings. The maximum atomic E-state index is 12.8. The Morgan fingerprint density at radius 1 is 1.04 bits per heavy atom. The second-order valence-corrected chi connectivity index (χ2v) is 10.3. The van der Waals surface area contributed by atoms with Crippen molar-refractivity contribution in [3.05, 3.63) is 0 Å². The zero-order valence-corrected chi connectivity index (χ0v) is 17.0. The van der Waals surface area contributed by atoms with Gasteiger partial charge in [-0.25, -0.2) is 8.42 Å². The third-order valence-corrected chi connectivity index (χ3v) is 7.32. The van der Waals surface area contributed by atoms with Gasteiger partial charge in [-0.05, 0) is 25.7 Å². The summed E-state index contributed by atoms with van der Waals surface area (Å²) in [5.41, 5.74) is 0. The summed E-state index contributed by atoms with van der Waals surface area (Å²) in [6, 6.07) is 0.218. The van der Waals surface area contributed by atoms with Crippen molar-refractivity contribution in [2.75, 3.05) is 57.3 Å². The molecule has 9 heteroatoms. The second-order valence-electron chi connectivity index (χ2n) is 8.04. The number of nitrogens with one attached hydrogen (secondary N) is 1. The molecule has 154 valence electrons. The number of carbonyl (C=O) groups excluding carboxylic acids is 2. The van der Waals surface area contributed by atoms with Crippen molar-refractivity contribution in [3.8, 4) is 0 Å². The lowest BCUT2D eigenvalue weighted by molar-refractivity contribution is -0.135. The first-order chi connectivity index (χ1) is 12.9. The fourth-order valence-corrected chi connectivity index (χ4v) is 5.60. The molecular formula is C18H32N4O4S. The standard InChI is InChI=1S/C18H32N4O4S/c1-2-6-22(16-5-11-27(25,26)14-16)18(24)13-21-9-7-20(8-10-21)12-17(23)19-15-3-4-15/h15-16H,2-14H2,1H3,(H,19,23)/t16-/m0/s1. The van der Waals surface area contributed by atoms with Gasteiger partial charge in [0.2, 0.25) is 11.8 Å². The summed E-state index contributed by atoms with van der Waals surface area (Å²) in [6.07, 6.45) is 3.57. The van der Waals surface area contributed by atoms with Gasteiger partial charge in [0.05, 0.1) is 24.6 Å². The summed E-state index contributed by atoms with van der Waals surface area (Å²) in [5.74, 6) is 0.410. The minimum absolute atomic E-state index is 0.0267. The lowest BCUT2D eigenvalue weighted by Gasteiger charge is -2.36. The lowest BCUT2D eigenvalue weighted by atomic mass is 10.2. The quantitative estimate of drug-likeness (QED) is 0.580. The van der Waals surface area contributed by atoms with E-state index >= 15 is 0 Å². The number of sulfone groups is 1. The largest absolute Gasteiger partial charge is 0.352 e. The van der Waals surface area contributed by atoms with Crippen LogP contribution < -0.4 is 5.32 Å². The lowest BCUT2D eigenvalue weighted by Crippen LogP contribution is -2.53. The van der Waals surface area contributed by atoms with Crippen molar-refractivity contribution in [2.24, 2.45) is 0 Å². The van der Waals surface area contributed by atoms with Crippen LogP contribution in [0.25, 0.3) is 0 Å². The van der Waals surface area contributed by atoms with E-state index in [1.165, 1.54) is 0 Å². The summed E-state index contributed by atoms with van der Waals surface area (Å²) >= 11 is 0. The highest BCUT2D eigenvalue weighted by molar-refractivity contribution is 7.91. The molecule has 3 rings (SSSR count). The Morgan fingerprint density at radius 2 is 1.67 bits per heavy atom. The molecule has 2 saturated heterocycles. The first kappa shape index (κ1) is 20.5. The van der Waals surface area contributed by atoms with Crippen LogP contribution in [0.15, 0.2) is 0 Å². The van der Waals surface area contributed by atoms with Crippen LogP contribution in [0.3, 0.4) is 0 Å². The van der Waals surface area contributed by atoms with Crippen LogP contribution in [0.2, 0.25) is 0 Å². The molecule has 1 saturated carbocycles. The Bertz CT molecular complexity index is 642. The number of piperazine rings is 1. The third-order valence-electron chi connectivity index (χ3n) is 5.57. The molecule has 3 fully saturated rings. The average Bonchev–Trinajstić information content (AvgIpc) is 3.35. The van der Waals surface area contributed by atoms with E-state index in [-0.39, 0.29) is 29.4 Å². The molecule has 1 N–H and O–H groups in total. The molecule has 1 aliphatic carbocycles. The van der Waals surface area contributed by atoms with Gasteiger partial charge in [-0.2, -0.15) is 0 Å². The van der Waals surface area contributed by atoms with E-state index < -0.39 is 9.84 Å². The van der Waals surface area contributed by atoms with Gasteiger partial charge in [-0.1, -0.05) is 6.92 Å². The first-order valence-corrected chi connectivity index (χ1v) is 11.9. The minimum Gasteiger partial charge on any atom is -0.352 e. The van der Waals surface area contributed by atoms with Crippen molar-refractivity contribution in [2.45, 2.75) is 44.7 Å². The maximum Gasteiger partial charge on any atom is 0.237 e. The Kier molecular flexibility index (Phi) is 6.75. The molecule has 0 bridgehead atoms. The summed E-state index contributed by atoms with van der Waals surface area (Å²) < 4.78 is 23.5. The normalized spacial score (nSPS) is 26.0. The molecule has 2 heterocycles. The summed E-state index contributed by atoms with van der Waals surface area (Å²) in [5, 5.41) is 3.01. The number of hydrogen-bond acceptors (Lipinski definition) is 6. The van der Waals surface area contributed by atoms with Crippen LogP contribution in [-0.2, 0) is 19.4 Å². The predicted molar refractivity (Wildman–Crippen MR) is 103 cm³/mol. The molecule has 1 atom stereocenters. The molecule has 2 aliphatic heterocycles. The van der Waals surface area contributed by atoms with Crippen molar-refractivity contribution in [1.82, 2.24) is 20.0 Å². The van der Waals surface area contributed by atoms with Crippen molar-refractivity contribution < 1.29 is 18.0 Å². The number of amides is 2. The number of rotatable bonds is 8. The fourth-order valence-electron chi connectivity index (χ4n) is 3.86. The SMILES string of the molecule is CCCN(C(=O)CN1CCN(CC(=O)NC2CC2)CC1)[C@H]1CCS(=O)(=O)C1. The van der Waals surface area contributed by atoms with Gasteiger partial charge >= 0.3 is 0 Å². The third kappa shape index (κ3) is 6.15. The molecule has 0 aromatic carbocycles. The smallest absolute Gasteiger partial charge is 0.237 e. The Morgan fingerprint density at radius 3 is 2.19 bits per heavy atom. The molecule has 0 aromatic heterocycles. The zero-order valence-electron chi connectivity index (χ0n) is 16.2. The zero-order chi connectivity index (χ0) is 19.4. The highest BCUT2D eigenvalue weighted by Crippen LogP contribution is 2.19. The summed E-state index contributed by atoms with van der Waals surface area (Å²) in [4.78, 5) is 30.7. The van der Waals surface area contributed by atoms with E-state index in [0.29, 0.717) is 32.1 Å². The van der Waals surface area contributed by atoms with Crippen molar-refractivity contribution in [3.63, 3.8) is 0 Å². The molecule has 0 spiro atoms. The van der Waals surface area contributed by atoms with Gasteiger partial charge in [-0.3, -0.25) is 19.4 Å². The topological polar surface area (TPSA) is 90.0 Å². The van der Waals surface area contributed by atoms with E-state index in [1.807, 2.05) is 6.92 Å². The molecule has 0 radical (unpaired) electrons. The maximum absolute atomic E-state index is 12.8.